The van der Waals surface area contributed by atoms with Gasteiger partial charge >= 0.3 is 0 Å². The molecule has 0 unspecified atom stereocenters. The van der Waals surface area contributed by atoms with Crippen molar-refractivity contribution in [3.63, 3.8) is 0 Å². The highest BCUT2D eigenvalue weighted by Crippen LogP contribution is 2.21. The van der Waals surface area contributed by atoms with Crippen molar-refractivity contribution < 1.29 is 4.74 Å². The third-order valence-electron chi connectivity index (χ3n) is 3.92. The van der Waals surface area contributed by atoms with E-state index in [4.69, 9.17) is 9.73 Å². The highest BCUT2D eigenvalue weighted by molar-refractivity contribution is 7.11. The molecule has 6 heteroatoms. The third kappa shape index (κ3) is 6.02. The first-order chi connectivity index (χ1) is 12.5. The van der Waals surface area contributed by atoms with E-state index in [1.807, 2.05) is 6.92 Å². The first-order valence-corrected chi connectivity index (χ1v) is 10.0. The number of nitrogens with zero attached hydrogens (tertiary/aromatic N) is 2. The van der Waals surface area contributed by atoms with Gasteiger partial charge in [-0.05, 0) is 46.2 Å². The monoisotopic (exact) mass is 374 g/mol. The quantitative estimate of drug-likeness (QED) is 0.545. The molecule has 1 heterocycles. The Morgan fingerprint density at radius 1 is 1.19 bits per heavy atom. The molecule has 0 aliphatic heterocycles. The van der Waals surface area contributed by atoms with Crippen LogP contribution in [-0.2, 0) is 13.0 Å². The van der Waals surface area contributed by atoms with E-state index < -0.39 is 0 Å². The molecule has 2 rings (SSSR count). The lowest BCUT2D eigenvalue weighted by molar-refractivity contribution is 0.336. The molecule has 1 aromatic heterocycles. The molecular weight excluding hydrogens is 344 g/mol. The van der Waals surface area contributed by atoms with Gasteiger partial charge in [0.2, 0.25) is 0 Å². The lowest BCUT2D eigenvalue weighted by Gasteiger charge is -2.13. The lowest BCUT2D eigenvalue weighted by Crippen LogP contribution is -2.38. The van der Waals surface area contributed by atoms with Crippen LogP contribution in [0.15, 0.2) is 23.2 Å². The summed E-state index contributed by atoms with van der Waals surface area (Å²) >= 11 is 1.77. The number of ether oxygens (including phenoxy) is 1. The van der Waals surface area contributed by atoms with Crippen molar-refractivity contribution in [2.24, 2.45) is 4.99 Å². The van der Waals surface area contributed by atoms with Gasteiger partial charge in [0.1, 0.15) is 5.75 Å². The zero-order chi connectivity index (χ0) is 18.9. The molecule has 5 nitrogen and oxygen atoms in total. The molecule has 0 saturated heterocycles. The Bertz CT molecular complexity index is 739. The van der Waals surface area contributed by atoms with Gasteiger partial charge < -0.3 is 15.4 Å². The standard InChI is InChI=1S/C20H30N4OS/c1-6-21-20(22-11-10-19-15(4)24-16(5)26-19)23-13-17-9-8-14(3)12-18(17)25-7-2/h8-9,12H,6-7,10-11,13H2,1-5H3,(H2,21,22,23). The number of rotatable bonds is 8. The third-order valence-corrected chi connectivity index (χ3v) is 5.05. The van der Waals surface area contributed by atoms with Crippen LogP contribution in [0, 0.1) is 20.8 Å². The average molecular weight is 375 g/mol. The first kappa shape index (κ1) is 20.2. The molecule has 0 aliphatic carbocycles. The second-order valence-electron chi connectivity index (χ2n) is 6.16. The molecule has 2 N–H and O–H groups in total. The van der Waals surface area contributed by atoms with Gasteiger partial charge in [0, 0.05) is 30.0 Å². The van der Waals surface area contributed by atoms with E-state index >= 15 is 0 Å². The second kappa shape index (κ2) is 10.2. The molecule has 0 spiro atoms. The first-order valence-electron chi connectivity index (χ1n) is 9.20. The fourth-order valence-corrected chi connectivity index (χ4v) is 3.62. The molecule has 0 radical (unpaired) electrons. The van der Waals surface area contributed by atoms with Gasteiger partial charge in [-0.3, -0.25) is 0 Å². The van der Waals surface area contributed by atoms with E-state index in [0.29, 0.717) is 13.2 Å². The molecule has 2 aromatic rings. The number of benzene rings is 1. The van der Waals surface area contributed by atoms with E-state index in [1.54, 1.807) is 11.3 Å². The molecule has 0 amide bonds. The topological polar surface area (TPSA) is 58.5 Å². The molecular formula is C20H30N4OS. The summed E-state index contributed by atoms with van der Waals surface area (Å²) in [7, 11) is 0. The molecule has 26 heavy (non-hydrogen) atoms. The molecule has 1 aromatic carbocycles. The van der Waals surface area contributed by atoms with Gasteiger partial charge in [-0.25, -0.2) is 9.98 Å². The number of thiazole rings is 1. The van der Waals surface area contributed by atoms with Crippen molar-refractivity contribution in [2.45, 2.75) is 47.6 Å². The Kier molecular flexibility index (Phi) is 7.91. The summed E-state index contributed by atoms with van der Waals surface area (Å²) in [5, 5.41) is 7.85. The Morgan fingerprint density at radius 2 is 2.00 bits per heavy atom. The van der Waals surface area contributed by atoms with Crippen LogP contribution in [0.25, 0.3) is 0 Å². The maximum Gasteiger partial charge on any atom is 0.191 e. The Hall–Kier alpha value is -2.08. The minimum absolute atomic E-state index is 0.587. The molecule has 0 bridgehead atoms. The van der Waals surface area contributed by atoms with Crippen LogP contribution in [0.5, 0.6) is 5.75 Å². The second-order valence-corrected chi connectivity index (χ2v) is 7.45. The highest BCUT2D eigenvalue weighted by Gasteiger charge is 2.06. The average Bonchev–Trinajstić information content (AvgIpc) is 2.92. The van der Waals surface area contributed by atoms with Gasteiger partial charge in [0.15, 0.2) is 5.96 Å². The zero-order valence-electron chi connectivity index (χ0n) is 16.5. The van der Waals surface area contributed by atoms with Crippen molar-refractivity contribution in [3.05, 3.63) is 44.9 Å². The van der Waals surface area contributed by atoms with Gasteiger partial charge in [0.25, 0.3) is 0 Å². The van der Waals surface area contributed by atoms with Gasteiger partial charge in [-0.15, -0.1) is 11.3 Å². The smallest absolute Gasteiger partial charge is 0.191 e. The molecule has 142 valence electrons. The van der Waals surface area contributed by atoms with Crippen LogP contribution < -0.4 is 15.4 Å². The van der Waals surface area contributed by atoms with Crippen LogP contribution in [0.2, 0.25) is 0 Å². The fourth-order valence-electron chi connectivity index (χ4n) is 2.69. The van der Waals surface area contributed by atoms with E-state index in [2.05, 4.69) is 61.5 Å². The normalized spacial score (nSPS) is 11.5. The summed E-state index contributed by atoms with van der Waals surface area (Å²) in [6, 6.07) is 6.27. The number of hydrogen-bond acceptors (Lipinski definition) is 4. The highest BCUT2D eigenvalue weighted by atomic mass is 32.1. The fraction of sp³-hybridized carbons (Fsp3) is 0.500. The molecule has 0 saturated carbocycles. The summed E-state index contributed by atoms with van der Waals surface area (Å²) < 4.78 is 5.75. The Labute approximate surface area is 160 Å². The summed E-state index contributed by atoms with van der Waals surface area (Å²) in [5.41, 5.74) is 3.43. The number of hydrogen-bond donors (Lipinski definition) is 2. The molecule has 0 aliphatic rings. The minimum atomic E-state index is 0.587. The molecule has 0 atom stereocenters. The van der Waals surface area contributed by atoms with Crippen LogP contribution in [0.1, 0.15) is 40.6 Å². The predicted octanol–water partition coefficient (Wildman–Crippen LogP) is 3.76. The van der Waals surface area contributed by atoms with E-state index in [0.717, 1.165) is 47.5 Å². The lowest BCUT2D eigenvalue weighted by atomic mass is 10.1. The number of aliphatic imine (C=N–C) groups is 1. The summed E-state index contributed by atoms with van der Waals surface area (Å²) in [6.07, 6.45) is 0.955. The maximum absolute atomic E-state index is 5.75. The zero-order valence-corrected chi connectivity index (χ0v) is 17.3. The molecule has 0 fully saturated rings. The van der Waals surface area contributed by atoms with Crippen molar-refractivity contribution in [3.8, 4) is 5.75 Å². The van der Waals surface area contributed by atoms with Gasteiger partial charge in [-0.2, -0.15) is 0 Å². The minimum Gasteiger partial charge on any atom is -0.494 e. The largest absolute Gasteiger partial charge is 0.494 e. The summed E-state index contributed by atoms with van der Waals surface area (Å²) in [4.78, 5) is 10.5. The van der Waals surface area contributed by atoms with Gasteiger partial charge in [-0.1, -0.05) is 12.1 Å². The van der Waals surface area contributed by atoms with Crippen molar-refractivity contribution >= 4 is 17.3 Å². The van der Waals surface area contributed by atoms with E-state index in [-0.39, 0.29) is 0 Å². The SMILES string of the molecule is CCNC(=NCc1ccc(C)cc1OCC)NCCc1sc(C)nc1C. The summed E-state index contributed by atoms with van der Waals surface area (Å²) in [5.74, 6) is 1.75. The maximum atomic E-state index is 5.75. The van der Waals surface area contributed by atoms with E-state index in [9.17, 15) is 0 Å². The number of guanidine groups is 1. The predicted molar refractivity (Wildman–Crippen MR) is 110 cm³/mol. The van der Waals surface area contributed by atoms with Crippen LogP contribution in [0.3, 0.4) is 0 Å². The van der Waals surface area contributed by atoms with Crippen LogP contribution in [0.4, 0.5) is 0 Å². The Morgan fingerprint density at radius 3 is 2.65 bits per heavy atom. The number of nitrogens with one attached hydrogen (secondary N) is 2. The summed E-state index contributed by atoms with van der Waals surface area (Å²) in [6.45, 7) is 13.2. The van der Waals surface area contributed by atoms with Crippen LogP contribution >= 0.6 is 11.3 Å². The van der Waals surface area contributed by atoms with E-state index in [1.165, 1.54) is 10.4 Å². The Balaban J connectivity index is 1.99. The van der Waals surface area contributed by atoms with Crippen molar-refractivity contribution in [1.29, 1.82) is 0 Å². The number of aromatic nitrogens is 1. The van der Waals surface area contributed by atoms with Crippen LogP contribution in [-0.4, -0.2) is 30.6 Å². The van der Waals surface area contributed by atoms with Crippen molar-refractivity contribution in [1.82, 2.24) is 15.6 Å². The van der Waals surface area contributed by atoms with Gasteiger partial charge in [0.05, 0.1) is 23.9 Å². The number of aryl methyl sites for hydroxylation is 3. The van der Waals surface area contributed by atoms with Crippen molar-refractivity contribution in [2.75, 3.05) is 19.7 Å².